The fraction of sp³-hybridized carbons (Fsp3) is 0.300. The minimum Gasteiger partial charge on any atom is -0.385 e. The van der Waals surface area contributed by atoms with Gasteiger partial charge in [-0.2, -0.15) is 0 Å². The van der Waals surface area contributed by atoms with Crippen LogP contribution < -0.4 is 11.1 Å². The van der Waals surface area contributed by atoms with Gasteiger partial charge in [0.25, 0.3) is 0 Å². The van der Waals surface area contributed by atoms with E-state index in [2.05, 4.69) is 5.32 Å². The summed E-state index contributed by atoms with van der Waals surface area (Å²) in [5.74, 6) is -1.04. The molecule has 0 unspecified atom stereocenters. The number of primary amides is 1. The Morgan fingerprint density at radius 1 is 1.57 bits per heavy atom. The summed E-state index contributed by atoms with van der Waals surface area (Å²) in [6, 6.07) is 2.71. The molecule has 4 heteroatoms. The summed E-state index contributed by atoms with van der Waals surface area (Å²) in [6.45, 7) is 4.22. The van der Waals surface area contributed by atoms with Crippen molar-refractivity contribution in [3.8, 4) is 0 Å². The Kier molecular flexibility index (Phi) is 3.06. The highest BCUT2D eigenvalue weighted by molar-refractivity contribution is 5.94. The number of anilines is 1. The summed E-state index contributed by atoms with van der Waals surface area (Å²) in [5.41, 5.74) is 6.36. The predicted octanol–water partition coefficient (Wildman–Crippen LogP) is 1.66. The first-order chi connectivity index (χ1) is 6.56. The topological polar surface area (TPSA) is 55.1 Å². The molecule has 14 heavy (non-hydrogen) atoms. The maximum absolute atomic E-state index is 13.3. The van der Waals surface area contributed by atoms with Gasteiger partial charge in [-0.05, 0) is 26.0 Å². The van der Waals surface area contributed by atoms with Gasteiger partial charge in [0.2, 0.25) is 5.91 Å². The van der Waals surface area contributed by atoms with Crippen molar-refractivity contribution in [3.63, 3.8) is 0 Å². The van der Waals surface area contributed by atoms with Crippen LogP contribution in [-0.2, 0) is 0 Å². The molecule has 76 valence electrons. The van der Waals surface area contributed by atoms with Gasteiger partial charge in [-0.15, -0.1) is 0 Å². The number of rotatable bonds is 3. The molecule has 0 fully saturated rings. The zero-order valence-corrected chi connectivity index (χ0v) is 8.23. The van der Waals surface area contributed by atoms with Gasteiger partial charge in [0.15, 0.2) is 0 Å². The number of amides is 1. The minimum atomic E-state index is -0.622. The van der Waals surface area contributed by atoms with Gasteiger partial charge in [0.05, 0.1) is 0 Å². The molecular weight excluding hydrogens is 183 g/mol. The predicted molar refractivity (Wildman–Crippen MR) is 53.8 cm³/mol. The van der Waals surface area contributed by atoms with Crippen LogP contribution in [0.15, 0.2) is 12.1 Å². The quantitative estimate of drug-likeness (QED) is 0.772. The van der Waals surface area contributed by atoms with E-state index in [-0.39, 0.29) is 5.56 Å². The Morgan fingerprint density at radius 2 is 2.21 bits per heavy atom. The van der Waals surface area contributed by atoms with E-state index in [0.717, 1.165) is 6.07 Å². The zero-order valence-electron chi connectivity index (χ0n) is 8.23. The number of nitrogens with two attached hydrogens (primary N) is 1. The van der Waals surface area contributed by atoms with E-state index in [1.165, 1.54) is 0 Å². The molecule has 1 rings (SSSR count). The number of carbonyl (C=O) groups excluding carboxylic acids is 1. The van der Waals surface area contributed by atoms with Crippen molar-refractivity contribution in [2.75, 3.05) is 11.9 Å². The van der Waals surface area contributed by atoms with Crippen molar-refractivity contribution in [3.05, 3.63) is 29.1 Å². The minimum absolute atomic E-state index is 0.184. The fourth-order valence-corrected chi connectivity index (χ4v) is 1.20. The van der Waals surface area contributed by atoms with Crippen molar-refractivity contribution >= 4 is 11.6 Å². The van der Waals surface area contributed by atoms with Gasteiger partial charge in [-0.25, -0.2) is 4.39 Å². The number of hydrogen-bond donors (Lipinski definition) is 2. The van der Waals surface area contributed by atoms with Crippen LogP contribution in [0.25, 0.3) is 0 Å². The van der Waals surface area contributed by atoms with E-state index in [4.69, 9.17) is 5.73 Å². The molecule has 3 N–H and O–H groups in total. The average Bonchev–Trinajstić information content (AvgIpc) is 2.12. The Hall–Kier alpha value is -1.58. The lowest BCUT2D eigenvalue weighted by atomic mass is 10.1. The second-order valence-electron chi connectivity index (χ2n) is 3.03. The number of hydrogen-bond acceptors (Lipinski definition) is 2. The molecule has 0 aliphatic rings. The Balaban J connectivity index is 3.20. The highest BCUT2D eigenvalue weighted by Crippen LogP contribution is 2.20. The molecule has 0 radical (unpaired) electrons. The molecule has 0 aromatic heterocycles. The lowest BCUT2D eigenvalue weighted by Crippen LogP contribution is -2.12. The largest absolute Gasteiger partial charge is 0.385 e. The van der Waals surface area contributed by atoms with E-state index in [1.54, 1.807) is 13.0 Å². The molecule has 0 saturated heterocycles. The van der Waals surface area contributed by atoms with E-state index in [1.807, 2.05) is 6.92 Å². The van der Waals surface area contributed by atoms with Crippen LogP contribution in [0, 0.1) is 12.7 Å². The third-order valence-electron chi connectivity index (χ3n) is 2.00. The van der Waals surface area contributed by atoms with E-state index in [0.29, 0.717) is 17.8 Å². The van der Waals surface area contributed by atoms with Gasteiger partial charge in [-0.1, -0.05) is 0 Å². The second kappa shape index (κ2) is 4.09. The maximum atomic E-state index is 13.3. The van der Waals surface area contributed by atoms with Crippen LogP contribution in [0.1, 0.15) is 22.8 Å². The molecule has 0 heterocycles. The van der Waals surface area contributed by atoms with Gasteiger partial charge in [-0.3, -0.25) is 4.79 Å². The van der Waals surface area contributed by atoms with Crippen molar-refractivity contribution in [1.82, 2.24) is 0 Å². The van der Waals surface area contributed by atoms with Crippen molar-refractivity contribution < 1.29 is 9.18 Å². The Bertz CT molecular complexity index is 363. The van der Waals surface area contributed by atoms with Gasteiger partial charge < -0.3 is 11.1 Å². The van der Waals surface area contributed by atoms with Gasteiger partial charge >= 0.3 is 0 Å². The van der Waals surface area contributed by atoms with E-state index in [9.17, 15) is 9.18 Å². The molecule has 1 amide bonds. The lowest BCUT2D eigenvalue weighted by Gasteiger charge is -2.09. The molecule has 3 nitrogen and oxygen atoms in total. The molecule has 1 aromatic rings. The molecule has 1 aromatic carbocycles. The third-order valence-corrected chi connectivity index (χ3v) is 2.00. The molecular formula is C10H13FN2O. The number of carbonyl (C=O) groups is 1. The standard InChI is InChI=1S/C10H13FN2O/c1-3-13-9-5-7(10(12)14)4-8(11)6(9)2/h4-5,13H,3H2,1-2H3,(H2,12,14). The van der Waals surface area contributed by atoms with Crippen molar-refractivity contribution in [2.45, 2.75) is 13.8 Å². The van der Waals surface area contributed by atoms with E-state index >= 15 is 0 Å². The third kappa shape index (κ3) is 2.02. The zero-order chi connectivity index (χ0) is 10.7. The van der Waals surface area contributed by atoms with Crippen LogP contribution >= 0.6 is 0 Å². The Labute approximate surface area is 82.1 Å². The van der Waals surface area contributed by atoms with Crippen molar-refractivity contribution in [1.29, 1.82) is 0 Å². The monoisotopic (exact) mass is 196 g/mol. The summed E-state index contributed by atoms with van der Waals surface area (Å²) in [4.78, 5) is 10.8. The van der Waals surface area contributed by atoms with Crippen LogP contribution in [0.3, 0.4) is 0 Å². The van der Waals surface area contributed by atoms with Gasteiger partial charge in [0.1, 0.15) is 5.82 Å². The highest BCUT2D eigenvalue weighted by Gasteiger charge is 2.09. The summed E-state index contributed by atoms with van der Waals surface area (Å²) in [7, 11) is 0. The van der Waals surface area contributed by atoms with Crippen LogP contribution in [-0.4, -0.2) is 12.5 Å². The Morgan fingerprint density at radius 3 is 2.71 bits per heavy atom. The van der Waals surface area contributed by atoms with Crippen molar-refractivity contribution in [2.24, 2.45) is 5.73 Å². The highest BCUT2D eigenvalue weighted by atomic mass is 19.1. The first-order valence-electron chi connectivity index (χ1n) is 4.40. The maximum Gasteiger partial charge on any atom is 0.248 e. The average molecular weight is 196 g/mol. The molecule has 0 spiro atoms. The number of benzene rings is 1. The van der Waals surface area contributed by atoms with Crippen LogP contribution in [0.2, 0.25) is 0 Å². The fourth-order valence-electron chi connectivity index (χ4n) is 1.20. The first kappa shape index (κ1) is 10.5. The smallest absolute Gasteiger partial charge is 0.248 e. The summed E-state index contributed by atoms with van der Waals surface area (Å²) < 4.78 is 13.3. The van der Waals surface area contributed by atoms with Gasteiger partial charge in [0, 0.05) is 23.4 Å². The summed E-state index contributed by atoms with van der Waals surface area (Å²) >= 11 is 0. The van der Waals surface area contributed by atoms with Crippen LogP contribution in [0.4, 0.5) is 10.1 Å². The molecule has 0 aliphatic carbocycles. The van der Waals surface area contributed by atoms with Crippen LogP contribution in [0.5, 0.6) is 0 Å². The number of nitrogens with one attached hydrogen (secondary N) is 1. The molecule has 0 aliphatic heterocycles. The first-order valence-corrected chi connectivity index (χ1v) is 4.40. The number of halogens is 1. The normalized spacial score (nSPS) is 9.93. The SMILES string of the molecule is CCNc1cc(C(N)=O)cc(F)c1C. The summed E-state index contributed by atoms with van der Waals surface area (Å²) in [5, 5.41) is 2.96. The van der Waals surface area contributed by atoms with E-state index < -0.39 is 11.7 Å². The lowest BCUT2D eigenvalue weighted by molar-refractivity contribution is 0.1000. The molecule has 0 atom stereocenters. The molecule has 0 bridgehead atoms. The summed E-state index contributed by atoms with van der Waals surface area (Å²) in [6.07, 6.45) is 0. The molecule has 0 saturated carbocycles. The second-order valence-corrected chi connectivity index (χ2v) is 3.03.